The highest BCUT2D eigenvalue weighted by molar-refractivity contribution is 6.32. The predicted octanol–water partition coefficient (Wildman–Crippen LogP) is 10.8. The van der Waals surface area contributed by atoms with Crippen molar-refractivity contribution in [2.75, 3.05) is 47.3 Å². The lowest BCUT2D eigenvalue weighted by atomic mass is 10.0. The molecule has 1 amide bonds. The van der Waals surface area contributed by atoms with E-state index in [2.05, 4.69) is 32.8 Å². The molecule has 0 radical (unpaired) electrons. The van der Waals surface area contributed by atoms with E-state index in [-0.39, 0.29) is 41.9 Å². The first-order chi connectivity index (χ1) is 30.7. The molecular weight excluding hydrogens is 926 g/mol. The molecule has 1 saturated heterocycles. The molecule has 6 rings (SSSR count). The Balaban J connectivity index is 0.000000238. The van der Waals surface area contributed by atoms with Crippen LogP contribution in [0.3, 0.4) is 0 Å². The lowest BCUT2D eigenvalue weighted by molar-refractivity contribution is -0.144. The number of benzene rings is 4. The molecule has 0 saturated carbocycles. The van der Waals surface area contributed by atoms with Gasteiger partial charge in [-0.05, 0) is 74.1 Å². The average Bonchev–Trinajstić information content (AvgIpc) is 3.22. The minimum atomic E-state index is -4.80. The van der Waals surface area contributed by atoms with Crippen LogP contribution in [0, 0.1) is 6.92 Å². The number of aryl methyl sites for hydroxylation is 1. The summed E-state index contributed by atoms with van der Waals surface area (Å²) in [4.78, 5) is 21.6. The highest BCUT2D eigenvalue weighted by Crippen LogP contribution is 2.39. The Labute approximate surface area is 376 Å². The summed E-state index contributed by atoms with van der Waals surface area (Å²) in [5.74, 6) is -1.22. The van der Waals surface area contributed by atoms with Crippen LogP contribution in [-0.2, 0) is 42.6 Å². The standard InChI is InChI=1S/C23H26ClN5O3.2C10H8F6N/c1-16-7-3-5-9-19(16)31-23(32-20-10-6-4-8-18(20)24)17(21(25)30)15-26-22(27-23)29-13-11-28(2)12-14-29;2*1-17-5-6-2-7(9(11,12)13)4-8(3-6)10(14,15)16/h3-10,15H,11-14H2,1-2H3,(H2,25,30)(H,26,27);2*2-4H,5H2,1H3/q;2*-1. The van der Waals surface area contributed by atoms with Crippen LogP contribution >= 0.6 is 11.6 Å². The SMILES string of the molecule is C[N-]Cc1cc(C(F)(F)F)cc(C(F)(F)F)c1.C[N-]Cc1cc(C(F)(F)F)cc(C(F)(F)F)c1.Cc1ccccc1OC1(Oc2ccccc2Cl)N=C(N2CCN(C)CC2)NC=C1C(N)=O. The minimum Gasteiger partial charge on any atom is -0.661 e. The number of ether oxygens (including phenoxy) is 2. The maximum absolute atomic E-state index is 12.5. The van der Waals surface area contributed by atoms with Gasteiger partial charge in [0.05, 0.1) is 27.3 Å². The van der Waals surface area contributed by atoms with E-state index in [1.165, 1.54) is 20.3 Å². The number of hydrogen-bond donors (Lipinski definition) is 2. The molecule has 0 aliphatic carbocycles. The highest BCUT2D eigenvalue weighted by Gasteiger charge is 2.47. The number of nitrogens with zero attached hydrogens (tertiary/aromatic N) is 5. The molecule has 1 atom stereocenters. The first kappa shape index (κ1) is 52.9. The highest BCUT2D eigenvalue weighted by atomic mass is 35.5. The summed E-state index contributed by atoms with van der Waals surface area (Å²) in [6.07, 6.45) is -17.7. The molecule has 4 aromatic carbocycles. The number of alkyl halides is 12. The lowest BCUT2D eigenvalue weighted by Crippen LogP contribution is -2.57. The van der Waals surface area contributed by atoms with Crippen molar-refractivity contribution in [2.45, 2.75) is 50.6 Å². The summed E-state index contributed by atoms with van der Waals surface area (Å²) in [6.45, 7) is 4.80. The van der Waals surface area contributed by atoms with Gasteiger partial charge in [-0.3, -0.25) is 4.79 Å². The van der Waals surface area contributed by atoms with Gasteiger partial charge in [0.25, 0.3) is 5.91 Å². The topological polar surface area (TPSA) is 121 Å². The van der Waals surface area contributed by atoms with E-state index >= 15 is 0 Å². The average molecular weight is 968 g/mol. The Kier molecular flexibility index (Phi) is 17.4. The van der Waals surface area contributed by atoms with Crippen molar-refractivity contribution in [1.82, 2.24) is 15.1 Å². The molecule has 0 bridgehead atoms. The number of nitrogens with one attached hydrogen (secondary N) is 1. The van der Waals surface area contributed by atoms with Crippen LogP contribution in [0.4, 0.5) is 52.7 Å². The molecule has 3 N–H and O–H groups in total. The second kappa shape index (κ2) is 21.7. The fraction of sp³-hybridized carbons (Fsp3) is 0.349. The summed E-state index contributed by atoms with van der Waals surface area (Å²) in [5.41, 5.74) is 1.13. The van der Waals surface area contributed by atoms with Crippen molar-refractivity contribution >= 4 is 23.5 Å². The number of halogens is 13. The van der Waals surface area contributed by atoms with Gasteiger partial charge in [0.1, 0.15) is 17.1 Å². The van der Waals surface area contributed by atoms with Crippen LogP contribution in [-0.4, -0.2) is 74.9 Å². The molecule has 0 spiro atoms. The van der Waals surface area contributed by atoms with Crippen molar-refractivity contribution in [1.29, 1.82) is 0 Å². The van der Waals surface area contributed by atoms with Gasteiger partial charge in [-0.2, -0.15) is 71.8 Å². The molecule has 4 aromatic rings. The molecule has 66 heavy (non-hydrogen) atoms. The van der Waals surface area contributed by atoms with Crippen LogP contribution in [0.1, 0.15) is 38.9 Å². The van der Waals surface area contributed by atoms with E-state index < -0.39 is 58.8 Å². The number of likely N-dealkylation sites (N-methyl/N-ethyl adjacent to an activating group) is 1. The molecule has 1 unspecified atom stereocenters. The number of primary amides is 1. The van der Waals surface area contributed by atoms with E-state index in [1.807, 2.05) is 25.1 Å². The number of amides is 1. The number of nitrogens with two attached hydrogens (primary N) is 1. The van der Waals surface area contributed by atoms with Gasteiger partial charge in [-0.25, -0.2) is 0 Å². The summed E-state index contributed by atoms with van der Waals surface area (Å²) < 4.78 is 161. The first-order valence-electron chi connectivity index (χ1n) is 19.3. The molecular formula is C43H42ClF12N7O3-2. The number of carbonyl (C=O) groups excluding carboxylic acids is 1. The van der Waals surface area contributed by atoms with E-state index in [0.717, 1.165) is 31.7 Å². The second-order valence-electron chi connectivity index (χ2n) is 14.6. The maximum Gasteiger partial charge on any atom is 0.416 e. The largest absolute Gasteiger partial charge is 0.661 e. The smallest absolute Gasteiger partial charge is 0.416 e. The van der Waals surface area contributed by atoms with Crippen molar-refractivity contribution in [3.63, 3.8) is 0 Å². The Hall–Kier alpha value is -5.71. The Morgan fingerprint density at radius 2 is 1.11 bits per heavy atom. The number of aliphatic imine (C=N–C) groups is 1. The quantitative estimate of drug-likeness (QED) is 0.127. The molecule has 2 aliphatic heterocycles. The third-order valence-corrected chi connectivity index (χ3v) is 9.72. The molecule has 360 valence electrons. The van der Waals surface area contributed by atoms with Gasteiger partial charge in [-0.15, -0.1) is 13.1 Å². The molecule has 1 fully saturated rings. The number of piperazine rings is 1. The fourth-order valence-electron chi connectivity index (χ4n) is 6.13. The summed E-state index contributed by atoms with van der Waals surface area (Å²) in [6, 6.07) is 17.2. The zero-order valence-electron chi connectivity index (χ0n) is 35.4. The zero-order chi connectivity index (χ0) is 49.3. The number of carbonyl (C=O) groups is 1. The first-order valence-corrected chi connectivity index (χ1v) is 19.7. The van der Waals surface area contributed by atoms with Crippen LogP contribution < -0.4 is 20.5 Å². The Morgan fingerprint density at radius 1 is 0.697 bits per heavy atom. The molecule has 10 nitrogen and oxygen atoms in total. The van der Waals surface area contributed by atoms with Gasteiger partial charge < -0.3 is 41.0 Å². The van der Waals surface area contributed by atoms with Crippen LogP contribution in [0.2, 0.25) is 5.02 Å². The Morgan fingerprint density at radius 3 is 1.50 bits per heavy atom. The van der Waals surface area contributed by atoms with Gasteiger partial charge in [0.15, 0.2) is 0 Å². The van der Waals surface area contributed by atoms with Crippen LogP contribution in [0.15, 0.2) is 102 Å². The van der Waals surface area contributed by atoms with E-state index in [0.29, 0.717) is 46.7 Å². The molecule has 23 heteroatoms. The number of para-hydroxylation sites is 2. The molecule has 2 aliphatic rings. The third kappa shape index (κ3) is 14.6. The van der Waals surface area contributed by atoms with Gasteiger partial charge in [-0.1, -0.05) is 53.1 Å². The van der Waals surface area contributed by atoms with E-state index in [4.69, 9.17) is 31.8 Å². The van der Waals surface area contributed by atoms with Gasteiger partial charge in [0.2, 0.25) is 5.96 Å². The number of hydrogen-bond acceptors (Lipinski definition) is 7. The summed E-state index contributed by atoms with van der Waals surface area (Å²) in [7, 11) is 4.70. The van der Waals surface area contributed by atoms with Crippen molar-refractivity contribution < 1.29 is 67.0 Å². The number of guanidine groups is 1. The fourth-order valence-corrected chi connectivity index (χ4v) is 6.30. The van der Waals surface area contributed by atoms with E-state index in [9.17, 15) is 57.5 Å². The monoisotopic (exact) mass is 967 g/mol. The lowest BCUT2D eigenvalue weighted by Gasteiger charge is -2.39. The molecule has 0 aromatic heterocycles. The van der Waals surface area contributed by atoms with Gasteiger partial charge in [0, 0.05) is 32.4 Å². The summed E-state index contributed by atoms with van der Waals surface area (Å²) >= 11 is 6.37. The Bertz CT molecular complexity index is 2150. The van der Waals surface area contributed by atoms with Crippen LogP contribution in [0.25, 0.3) is 10.6 Å². The summed E-state index contributed by atoms with van der Waals surface area (Å²) in [5, 5.41) is 10.5. The van der Waals surface area contributed by atoms with Gasteiger partial charge >= 0.3 is 30.6 Å². The molecule has 2 heterocycles. The number of rotatable bonds is 9. The van der Waals surface area contributed by atoms with Crippen molar-refractivity contribution in [3.8, 4) is 11.5 Å². The predicted molar refractivity (Wildman–Crippen MR) is 222 cm³/mol. The van der Waals surface area contributed by atoms with Crippen molar-refractivity contribution in [2.24, 2.45) is 10.7 Å². The minimum absolute atomic E-state index is 0.0264. The van der Waals surface area contributed by atoms with Crippen LogP contribution in [0.5, 0.6) is 11.5 Å². The maximum atomic E-state index is 12.5. The zero-order valence-corrected chi connectivity index (χ0v) is 36.1. The normalized spacial score (nSPS) is 17.0. The second-order valence-corrected chi connectivity index (χ2v) is 15.0. The van der Waals surface area contributed by atoms with E-state index in [1.54, 1.807) is 30.3 Å². The van der Waals surface area contributed by atoms with Crippen molar-refractivity contribution in [3.05, 3.63) is 151 Å². The third-order valence-electron chi connectivity index (χ3n) is 9.41.